The lowest BCUT2D eigenvalue weighted by atomic mass is 9.60. The van der Waals surface area contributed by atoms with Gasteiger partial charge in [0, 0.05) is 79.4 Å². The quantitative estimate of drug-likeness (QED) is 0.0812. The van der Waals surface area contributed by atoms with Crippen LogP contribution in [0.25, 0.3) is 11.0 Å². The average molecular weight is 854 g/mol. The second kappa shape index (κ2) is 16.7. The first kappa shape index (κ1) is 40.2. The highest BCUT2D eigenvalue weighted by atomic mass is 35.5. The molecule has 0 unspecified atom stereocenters. The van der Waals surface area contributed by atoms with Crippen LogP contribution in [0.4, 0.5) is 17.1 Å². The summed E-state index contributed by atoms with van der Waals surface area (Å²) in [6.07, 6.45) is 11.7. The molecule has 0 bridgehead atoms. The molecule has 14 nitrogen and oxygen atoms in total. The van der Waals surface area contributed by atoms with Crippen molar-refractivity contribution >= 4 is 55.6 Å². The molecule has 1 saturated carbocycles. The van der Waals surface area contributed by atoms with Gasteiger partial charge < -0.3 is 24.7 Å². The smallest absolute Gasteiger partial charge is 0.293 e. The predicted octanol–water partition coefficient (Wildman–Crippen LogP) is 8.46. The van der Waals surface area contributed by atoms with Crippen molar-refractivity contribution < 1.29 is 27.6 Å². The molecular weight excluding hydrogens is 806 g/mol. The van der Waals surface area contributed by atoms with Gasteiger partial charge in [-0.1, -0.05) is 29.8 Å². The number of halogens is 1. The summed E-state index contributed by atoms with van der Waals surface area (Å²) in [6, 6.07) is 21.5. The van der Waals surface area contributed by atoms with Gasteiger partial charge in [-0.3, -0.25) is 19.8 Å². The first-order valence-electron chi connectivity index (χ1n) is 20.7. The van der Waals surface area contributed by atoms with E-state index in [9.17, 15) is 23.3 Å². The Labute approximate surface area is 353 Å². The second-order valence-electron chi connectivity index (χ2n) is 16.6. The molecule has 5 heterocycles. The minimum atomic E-state index is -4.54. The number of nitrogens with one attached hydrogen (secondary N) is 3. The maximum absolute atomic E-state index is 13.9. The van der Waals surface area contributed by atoms with Gasteiger partial charge in [0.2, 0.25) is 0 Å². The first-order valence-corrected chi connectivity index (χ1v) is 22.6. The molecule has 1 amide bonds. The summed E-state index contributed by atoms with van der Waals surface area (Å²) in [5.74, 6) is -0.141. The van der Waals surface area contributed by atoms with Crippen LogP contribution in [-0.2, 0) is 14.8 Å². The third-order valence-corrected chi connectivity index (χ3v) is 14.7. The molecule has 3 aliphatic heterocycles. The van der Waals surface area contributed by atoms with Gasteiger partial charge in [0.1, 0.15) is 22.8 Å². The second-order valence-corrected chi connectivity index (χ2v) is 18.7. The fourth-order valence-corrected chi connectivity index (χ4v) is 10.9. The third kappa shape index (κ3) is 8.27. The van der Waals surface area contributed by atoms with Crippen LogP contribution in [0.15, 0.2) is 90.1 Å². The molecule has 16 heteroatoms. The Morgan fingerprint density at radius 1 is 1.02 bits per heavy atom. The summed E-state index contributed by atoms with van der Waals surface area (Å²) < 4.78 is 41.2. The summed E-state index contributed by atoms with van der Waals surface area (Å²) in [7, 11) is -4.54. The zero-order chi connectivity index (χ0) is 41.4. The molecule has 4 aliphatic rings. The lowest BCUT2D eigenvalue weighted by Crippen LogP contribution is -2.54. The van der Waals surface area contributed by atoms with Crippen molar-refractivity contribution in [2.45, 2.75) is 68.3 Å². The topological polar surface area (TPSA) is 172 Å². The molecule has 9 rings (SSSR count). The van der Waals surface area contributed by atoms with Crippen molar-refractivity contribution in [3.63, 3.8) is 0 Å². The number of nitrogens with zero attached hydrogens (tertiary/aromatic N) is 4. The molecule has 2 aromatic heterocycles. The summed E-state index contributed by atoms with van der Waals surface area (Å²) in [6.45, 7) is 4.50. The van der Waals surface area contributed by atoms with Crippen molar-refractivity contribution in [3.8, 4) is 11.5 Å². The average Bonchev–Trinajstić information content (AvgIpc) is 3.92. The largest absolute Gasteiger partial charge is 0.455 e. The number of pyridine rings is 1. The highest BCUT2D eigenvalue weighted by Gasteiger charge is 2.50. The highest BCUT2D eigenvalue weighted by Crippen LogP contribution is 2.54. The zero-order valence-electron chi connectivity index (χ0n) is 33.1. The van der Waals surface area contributed by atoms with Gasteiger partial charge in [0.15, 0.2) is 0 Å². The van der Waals surface area contributed by atoms with Crippen LogP contribution in [0.5, 0.6) is 11.5 Å². The van der Waals surface area contributed by atoms with E-state index in [-0.39, 0.29) is 28.3 Å². The Morgan fingerprint density at radius 2 is 1.82 bits per heavy atom. The van der Waals surface area contributed by atoms with Crippen LogP contribution in [0.3, 0.4) is 0 Å². The number of rotatable bonds is 12. The van der Waals surface area contributed by atoms with E-state index in [1.54, 1.807) is 24.4 Å². The predicted molar refractivity (Wildman–Crippen MR) is 229 cm³/mol. The van der Waals surface area contributed by atoms with E-state index in [1.165, 1.54) is 30.3 Å². The number of likely N-dealkylation sites (tertiary alicyclic amines) is 1. The Kier molecular flexibility index (Phi) is 11.2. The number of hydrogen-bond acceptors (Lipinski definition) is 11. The minimum absolute atomic E-state index is 0.0188. The molecule has 60 heavy (non-hydrogen) atoms. The van der Waals surface area contributed by atoms with Crippen molar-refractivity contribution in [3.05, 3.63) is 111 Å². The van der Waals surface area contributed by atoms with Crippen LogP contribution in [0.1, 0.15) is 73.3 Å². The van der Waals surface area contributed by atoms with E-state index in [2.05, 4.69) is 41.9 Å². The van der Waals surface area contributed by atoms with Crippen molar-refractivity contribution in [2.75, 3.05) is 49.6 Å². The fourth-order valence-electron chi connectivity index (χ4n) is 9.63. The van der Waals surface area contributed by atoms with Crippen molar-refractivity contribution in [2.24, 2.45) is 11.3 Å². The molecule has 5 aromatic rings. The molecule has 1 spiro atoms. The number of piperidine rings is 1. The molecular formula is C44H48ClN7O7S. The standard InChI is InChI=1S/C44H48ClN7O7S/c45-37-5-2-1-4-35(37)39-6-3-17-51(39)32-25-44(26-32)14-18-50(19-15-44)31-7-9-36(41(23-31)59-33-22-30-11-16-46-42(30)48-28-33)43(53)49-60(56,57)34-8-10-38(40(24-34)52(54)55)47-27-29-12-20-58-21-13-29/h1-2,4-5,7-11,16,22-24,28-29,32,39,47H,3,6,12-15,17-21,25-27H2,(H,46,48)(H,49,53)/t39-/m1/s1. The number of amides is 1. The number of nitro groups is 1. The number of sulfonamides is 1. The van der Waals surface area contributed by atoms with Crippen molar-refractivity contribution in [1.82, 2.24) is 19.6 Å². The lowest BCUT2D eigenvalue weighted by molar-refractivity contribution is -0.384. The number of anilines is 2. The summed E-state index contributed by atoms with van der Waals surface area (Å²) in [5.41, 5.74) is 2.81. The molecule has 1 aliphatic carbocycles. The van der Waals surface area contributed by atoms with Gasteiger partial charge in [-0.15, -0.1) is 0 Å². The molecule has 3 N–H and O–H groups in total. The summed E-state index contributed by atoms with van der Waals surface area (Å²) in [4.78, 5) is 37.4. The van der Waals surface area contributed by atoms with Crippen LogP contribution < -0.4 is 19.7 Å². The Bertz CT molecular complexity index is 2510. The Balaban J connectivity index is 0.907. The first-order chi connectivity index (χ1) is 29.0. The maximum atomic E-state index is 13.9. The van der Waals surface area contributed by atoms with E-state index >= 15 is 0 Å². The van der Waals surface area contributed by atoms with Gasteiger partial charge in [0.25, 0.3) is 21.6 Å². The molecule has 0 radical (unpaired) electrons. The zero-order valence-corrected chi connectivity index (χ0v) is 34.7. The molecule has 4 fully saturated rings. The van der Waals surface area contributed by atoms with E-state index in [1.807, 2.05) is 24.3 Å². The molecule has 1 atom stereocenters. The number of fused-ring (bicyclic) bond motifs is 1. The highest BCUT2D eigenvalue weighted by molar-refractivity contribution is 7.90. The van der Waals surface area contributed by atoms with Crippen LogP contribution >= 0.6 is 11.6 Å². The number of carbonyl (C=O) groups is 1. The summed E-state index contributed by atoms with van der Waals surface area (Å²) in [5, 5.41) is 16.8. The Morgan fingerprint density at radius 3 is 2.60 bits per heavy atom. The van der Waals surface area contributed by atoms with Gasteiger partial charge in [0.05, 0.1) is 21.6 Å². The SMILES string of the molecule is O=C(NS(=O)(=O)c1ccc(NCC2CCOCC2)c([N+](=O)[O-])c1)c1ccc(N2CCC3(CC2)CC(N2CCC[C@@H]2c2ccccc2Cl)C3)cc1Oc1cnc2[nH]ccc2c1. The number of aromatic nitrogens is 2. The van der Waals surface area contributed by atoms with Crippen LogP contribution in [-0.4, -0.2) is 79.6 Å². The van der Waals surface area contributed by atoms with Crippen LogP contribution in [0.2, 0.25) is 5.02 Å². The van der Waals surface area contributed by atoms with E-state index in [4.69, 9.17) is 21.1 Å². The van der Waals surface area contributed by atoms with E-state index in [0.29, 0.717) is 43.2 Å². The van der Waals surface area contributed by atoms with Gasteiger partial charge in [-0.05, 0) is 117 Å². The van der Waals surface area contributed by atoms with Gasteiger partial charge in [-0.25, -0.2) is 18.1 Å². The number of ether oxygens (including phenoxy) is 2. The van der Waals surface area contributed by atoms with Gasteiger partial charge >= 0.3 is 0 Å². The number of hydrogen-bond donors (Lipinski definition) is 3. The molecule has 3 saturated heterocycles. The third-order valence-electron chi connectivity index (χ3n) is 13.0. The number of H-pyrrole nitrogens is 1. The maximum Gasteiger partial charge on any atom is 0.293 e. The normalized spacial score (nSPS) is 19.9. The Hall–Kier alpha value is -5.22. The van der Waals surface area contributed by atoms with E-state index < -0.39 is 31.4 Å². The number of carbonyl (C=O) groups excluding carboxylic acids is 1. The number of aromatic amines is 1. The number of benzene rings is 3. The molecule has 3 aromatic carbocycles. The fraction of sp³-hybridized carbons (Fsp3) is 0.409. The minimum Gasteiger partial charge on any atom is -0.455 e. The number of nitro benzene ring substituents is 1. The van der Waals surface area contributed by atoms with E-state index in [0.717, 1.165) is 86.7 Å². The van der Waals surface area contributed by atoms with Crippen molar-refractivity contribution in [1.29, 1.82) is 0 Å². The van der Waals surface area contributed by atoms with Gasteiger partial charge in [-0.2, -0.15) is 0 Å². The lowest BCUT2D eigenvalue weighted by Gasteiger charge is -2.56. The van der Waals surface area contributed by atoms with Crippen LogP contribution in [0, 0.1) is 21.4 Å². The molecule has 314 valence electrons. The summed E-state index contributed by atoms with van der Waals surface area (Å²) >= 11 is 6.64. The monoisotopic (exact) mass is 853 g/mol.